The molecule has 0 unspecified atom stereocenters. The molecule has 2 N–H and O–H groups in total. The summed E-state index contributed by atoms with van der Waals surface area (Å²) in [6.07, 6.45) is 2.40. The van der Waals surface area contributed by atoms with Gasteiger partial charge in [0.2, 0.25) is 5.91 Å². The lowest BCUT2D eigenvalue weighted by Gasteiger charge is -2.09. The average molecular weight is 331 g/mol. The van der Waals surface area contributed by atoms with E-state index in [1.165, 1.54) is 5.56 Å². The summed E-state index contributed by atoms with van der Waals surface area (Å²) in [6.45, 7) is 3.28. The third kappa shape index (κ3) is 6.33. The molecule has 2 rings (SSSR count). The number of anilines is 1. The Balaban J connectivity index is 1.59. The van der Waals surface area contributed by atoms with E-state index in [2.05, 4.69) is 22.8 Å². The Morgan fingerprint density at radius 3 is 2.61 bits per heavy atom. The largest absolute Gasteiger partial charge is 0.384 e. The summed E-state index contributed by atoms with van der Waals surface area (Å²) < 4.78 is 0. The molecule has 0 saturated carbocycles. The van der Waals surface area contributed by atoms with E-state index in [0.29, 0.717) is 19.5 Å². The van der Waals surface area contributed by atoms with Crippen LogP contribution in [0.15, 0.2) is 48.5 Å². The number of amides is 1. The highest BCUT2D eigenvalue weighted by Gasteiger charge is 2.02. The van der Waals surface area contributed by atoms with E-state index < -0.39 is 0 Å². The molecule has 0 atom stereocenters. The highest BCUT2D eigenvalue weighted by molar-refractivity contribution is 6.31. The van der Waals surface area contributed by atoms with Gasteiger partial charge in [0, 0.05) is 30.2 Å². The smallest absolute Gasteiger partial charge is 0.221 e. The lowest BCUT2D eigenvalue weighted by Crippen LogP contribution is -2.26. The minimum atomic E-state index is 0.0729. The Bertz CT molecular complexity index is 629. The zero-order valence-electron chi connectivity index (χ0n) is 13.4. The second-order valence-electron chi connectivity index (χ2n) is 5.58. The Labute approximate surface area is 143 Å². The zero-order chi connectivity index (χ0) is 16.5. The minimum absolute atomic E-state index is 0.0729. The zero-order valence-corrected chi connectivity index (χ0v) is 14.2. The quantitative estimate of drug-likeness (QED) is 0.712. The molecule has 2 aromatic rings. The number of rotatable bonds is 8. The average Bonchev–Trinajstić information content (AvgIpc) is 2.56. The predicted molar refractivity (Wildman–Crippen MR) is 97.1 cm³/mol. The normalized spacial score (nSPS) is 10.3. The summed E-state index contributed by atoms with van der Waals surface area (Å²) in [5.74, 6) is 0.0729. The highest BCUT2D eigenvalue weighted by Crippen LogP contribution is 2.19. The van der Waals surface area contributed by atoms with E-state index >= 15 is 0 Å². The fourth-order valence-electron chi connectivity index (χ4n) is 2.28. The van der Waals surface area contributed by atoms with Crippen molar-refractivity contribution in [2.75, 3.05) is 18.4 Å². The van der Waals surface area contributed by atoms with Crippen molar-refractivity contribution in [1.29, 1.82) is 0 Å². The van der Waals surface area contributed by atoms with Crippen molar-refractivity contribution >= 4 is 23.2 Å². The summed E-state index contributed by atoms with van der Waals surface area (Å²) in [7, 11) is 0. The Morgan fingerprint density at radius 1 is 1.09 bits per heavy atom. The van der Waals surface area contributed by atoms with Gasteiger partial charge in [-0.2, -0.15) is 0 Å². The first-order valence-electron chi connectivity index (χ1n) is 7.96. The van der Waals surface area contributed by atoms with Crippen molar-refractivity contribution < 1.29 is 4.79 Å². The van der Waals surface area contributed by atoms with E-state index in [0.717, 1.165) is 29.1 Å². The minimum Gasteiger partial charge on any atom is -0.384 e. The lowest BCUT2D eigenvalue weighted by molar-refractivity contribution is -0.120. The van der Waals surface area contributed by atoms with Gasteiger partial charge in [-0.15, -0.1) is 0 Å². The Morgan fingerprint density at radius 2 is 1.87 bits per heavy atom. The van der Waals surface area contributed by atoms with Crippen LogP contribution in [0, 0.1) is 6.92 Å². The number of halogens is 1. The van der Waals surface area contributed by atoms with Crippen molar-refractivity contribution in [3.05, 3.63) is 64.7 Å². The topological polar surface area (TPSA) is 41.1 Å². The van der Waals surface area contributed by atoms with E-state index in [1.807, 2.05) is 43.3 Å². The molecule has 23 heavy (non-hydrogen) atoms. The van der Waals surface area contributed by atoms with Gasteiger partial charge in [0.05, 0.1) is 0 Å². The third-order valence-electron chi connectivity index (χ3n) is 3.66. The molecule has 4 heteroatoms. The number of hydrogen-bond acceptors (Lipinski definition) is 2. The molecule has 0 fully saturated rings. The number of carbonyl (C=O) groups is 1. The maximum Gasteiger partial charge on any atom is 0.221 e. The summed E-state index contributed by atoms with van der Waals surface area (Å²) in [5.41, 5.74) is 3.30. The molecule has 2 aromatic carbocycles. The van der Waals surface area contributed by atoms with Crippen LogP contribution in [-0.2, 0) is 11.2 Å². The van der Waals surface area contributed by atoms with E-state index in [1.54, 1.807) is 0 Å². The van der Waals surface area contributed by atoms with Crippen molar-refractivity contribution in [2.45, 2.75) is 26.2 Å². The van der Waals surface area contributed by atoms with Gasteiger partial charge in [0.25, 0.3) is 0 Å². The van der Waals surface area contributed by atoms with Crippen LogP contribution < -0.4 is 10.6 Å². The van der Waals surface area contributed by atoms with Gasteiger partial charge in [0.15, 0.2) is 0 Å². The van der Waals surface area contributed by atoms with Crippen LogP contribution >= 0.6 is 11.6 Å². The molecule has 0 heterocycles. The lowest BCUT2D eigenvalue weighted by atomic mass is 10.1. The highest BCUT2D eigenvalue weighted by atomic mass is 35.5. The van der Waals surface area contributed by atoms with Gasteiger partial charge in [-0.3, -0.25) is 4.79 Å². The molecular formula is C19H23ClN2O. The maximum atomic E-state index is 11.8. The first-order valence-corrected chi connectivity index (χ1v) is 8.33. The van der Waals surface area contributed by atoms with Gasteiger partial charge < -0.3 is 10.6 Å². The summed E-state index contributed by atoms with van der Waals surface area (Å²) in [4.78, 5) is 11.8. The van der Waals surface area contributed by atoms with Gasteiger partial charge in [0.1, 0.15) is 0 Å². The summed E-state index contributed by atoms with van der Waals surface area (Å²) >= 11 is 6.07. The number of aryl methyl sites for hydroxylation is 2. The van der Waals surface area contributed by atoms with Crippen molar-refractivity contribution in [3.8, 4) is 0 Å². The van der Waals surface area contributed by atoms with E-state index in [-0.39, 0.29) is 5.91 Å². The second kappa shape index (κ2) is 9.21. The molecule has 0 aliphatic heterocycles. The van der Waals surface area contributed by atoms with Gasteiger partial charge in [-0.1, -0.05) is 48.0 Å². The van der Waals surface area contributed by atoms with Crippen LogP contribution in [0.1, 0.15) is 24.0 Å². The standard InChI is InChI=1S/C19H23ClN2O/c1-15-9-10-17(14-18(15)20)21-13-11-19(23)22-12-5-8-16-6-3-2-4-7-16/h2-4,6-7,9-10,14,21H,5,8,11-13H2,1H3,(H,22,23). The number of benzene rings is 2. The molecule has 0 spiro atoms. The summed E-state index contributed by atoms with van der Waals surface area (Å²) in [6, 6.07) is 16.1. The van der Waals surface area contributed by atoms with E-state index in [9.17, 15) is 4.79 Å². The van der Waals surface area contributed by atoms with Crippen LogP contribution in [0.4, 0.5) is 5.69 Å². The molecule has 1 amide bonds. The van der Waals surface area contributed by atoms with Crippen LogP contribution in [0.25, 0.3) is 0 Å². The fourth-order valence-corrected chi connectivity index (χ4v) is 2.46. The first kappa shape index (κ1) is 17.4. The van der Waals surface area contributed by atoms with E-state index in [4.69, 9.17) is 11.6 Å². The molecular weight excluding hydrogens is 308 g/mol. The van der Waals surface area contributed by atoms with Crippen LogP contribution in [0.5, 0.6) is 0 Å². The number of nitrogens with one attached hydrogen (secondary N) is 2. The molecule has 0 aromatic heterocycles. The second-order valence-corrected chi connectivity index (χ2v) is 5.99. The third-order valence-corrected chi connectivity index (χ3v) is 4.07. The van der Waals surface area contributed by atoms with Gasteiger partial charge in [-0.25, -0.2) is 0 Å². The predicted octanol–water partition coefficient (Wildman–Crippen LogP) is 4.20. The number of carbonyl (C=O) groups excluding carboxylic acids is 1. The maximum absolute atomic E-state index is 11.8. The molecule has 0 saturated heterocycles. The molecule has 0 aliphatic rings. The Hall–Kier alpha value is -2.00. The number of hydrogen-bond donors (Lipinski definition) is 2. The van der Waals surface area contributed by atoms with Gasteiger partial charge in [-0.05, 0) is 43.0 Å². The van der Waals surface area contributed by atoms with Crippen molar-refractivity contribution in [3.63, 3.8) is 0 Å². The van der Waals surface area contributed by atoms with Crippen LogP contribution in [-0.4, -0.2) is 19.0 Å². The Kier molecular flexibility index (Phi) is 6.95. The van der Waals surface area contributed by atoms with Gasteiger partial charge >= 0.3 is 0 Å². The molecule has 0 aliphatic carbocycles. The molecule has 0 bridgehead atoms. The molecule has 122 valence electrons. The van der Waals surface area contributed by atoms with Crippen molar-refractivity contribution in [1.82, 2.24) is 5.32 Å². The fraction of sp³-hybridized carbons (Fsp3) is 0.316. The molecule has 0 radical (unpaired) electrons. The monoisotopic (exact) mass is 330 g/mol. The van der Waals surface area contributed by atoms with Crippen molar-refractivity contribution in [2.24, 2.45) is 0 Å². The first-order chi connectivity index (χ1) is 11.1. The molecule has 3 nitrogen and oxygen atoms in total. The summed E-state index contributed by atoms with van der Waals surface area (Å²) in [5, 5.41) is 6.91. The van der Waals surface area contributed by atoms with Crippen LogP contribution in [0.2, 0.25) is 5.02 Å². The van der Waals surface area contributed by atoms with Crippen LogP contribution in [0.3, 0.4) is 0 Å². The SMILES string of the molecule is Cc1ccc(NCCC(=O)NCCCc2ccccc2)cc1Cl.